The molecule has 0 fully saturated rings. The Morgan fingerprint density at radius 3 is 2.90 bits per heavy atom. The van der Waals surface area contributed by atoms with Crippen LogP contribution in [0.3, 0.4) is 0 Å². The summed E-state index contributed by atoms with van der Waals surface area (Å²) in [5.74, 6) is 0.432. The van der Waals surface area contributed by atoms with Gasteiger partial charge in [0.05, 0.1) is 6.54 Å². The van der Waals surface area contributed by atoms with Gasteiger partial charge in [-0.15, -0.1) is 22.7 Å². The first-order valence-electron chi connectivity index (χ1n) is 6.58. The minimum Gasteiger partial charge on any atom is -0.338 e. The van der Waals surface area contributed by atoms with E-state index in [4.69, 9.17) is 0 Å². The van der Waals surface area contributed by atoms with Gasteiger partial charge in [-0.3, -0.25) is 0 Å². The van der Waals surface area contributed by atoms with Gasteiger partial charge in [-0.1, -0.05) is 13.0 Å². The van der Waals surface area contributed by atoms with Gasteiger partial charge in [0.25, 0.3) is 0 Å². The number of urea groups is 1. The van der Waals surface area contributed by atoms with Gasteiger partial charge in [-0.2, -0.15) is 0 Å². The Bertz CT molecular complexity index is 536. The largest absolute Gasteiger partial charge is 0.338 e. The highest BCUT2D eigenvalue weighted by Gasteiger charge is 2.07. The number of carbonyl (C=O) groups is 1. The van der Waals surface area contributed by atoms with Gasteiger partial charge in [0, 0.05) is 22.5 Å². The quantitative estimate of drug-likeness (QED) is 0.861. The lowest BCUT2D eigenvalue weighted by atomic mass is 10.1. The highest BCUT2D eigenvalue weighted by Crippen LogP contribution is 2.13. The molecule has 2 amide bonds. The van der Waals surface area contributed by atoms with Gasteiger partial charge in [0.2, 0.25) is 0 Å². The van der Waals surface area contributed by atoms with Crippen LogP contribution in [-0.4, -0.2) is 17.6 Å². The molecule has 2 rings (SSSR count). The molecule has 2 aromatic heterocycles. The maximum absolute atomic E-state index is 11.7. The SMILES string of the molecule is Cc1csc(CNC(=O)NC[C@@H](C)Cc2cccs2)n1. The van der Waals surface area contributed by atoms with Gasteiger partial charge >= 0.3 is 6.03 Å². The second kappa shape index (κ2) is 7.40. The molecule has 1 atom stereocenters. The summed E-state index contributed by atoms with van der Waals surface area (Å²) in [5, 5.41) is 10.7. The van der Waals surface area contributed by atoms with E-state index in [9.17, 15) is 4.79 Å². The van der Waals surface area contributed by atoms with E-state index in [2.05, 4.69) is 40.1 Å². The maximum Gasteiger partial charge on any atom is 0.315 e. The Labute approximate surface area is 127 Å². The molecule has 2 N–H and O–H groups in total. The molecule has 0 spiro atoms. The Morgan fingerprint density at radius 1 is 1.40 bits per heavy atom. The number of hydrogen-bond acceptors (Lipinski definition) is 4. The monoisotopic (exact) mass is 309 g/mol. The number of hydrogen-bond donors (Lipinski definition) is 2. The highest BCUT2D eigenvalue weighted by molar-refractivity contribution is 7.10. The molecular weight excluding hydrogens is 290 g/mol. The third kappa shape index (κ3) is 4.94. The number of nitrogens with zero attached hydrogens (tertiary/aromatic N) is 1. The van der Waals surface area contributed by atoms with Gasteiger partial charge < -0.3 is 10.6 Å². The van der Waals surface area contributed by atoms with Crippen LogP contribution in [0.1, 0.15) is 22.5 Å². The minimum atomic E-state index is -0.129. The number of aromatic nitrogens is 1. The highest BCUT2D eigenvalue weighted by atomic mass is 32.1. The van der Waals surface area contributed by atoms with Crippen molar-refractivity contribution in [3.05, 3.63) is 38.5 Å². The van der Waals surface area contributed by atoms with Crippen LogP contribution in [-0.2, 0) is 13.0 Å². The normalized spacial score (nSPS) is 12.1. The Kier molecular flexibility index (Phi) is 5.55. The van der Waals surface area contributed by atoms with Crippen molar-refractivity contribution in [2.45, 2.75) is 26.8 Å². The summed E-state index contributed by atoms with van der Waals surface area (Å²) >= 11 is 3.33. The number of aryl methyl sites for hydroxylation is 1. The molecule has 0 aliphatic rings. The van der Waals surface area contributed by atoms with E-state index >= 15 is 0 Å². The van der Waals surface area contributed by atoms with Crippen molar-refractivity contribution in [1.29, 1.82) is 0 Å². The molecule has 0 unspecified atom stereocenters. The number of amides is 2. The number of thiophene rings is 1. The number of carbonyl (C=O) groups excluding carboxylic acids is 1. The molecule has 0 aromatic carbocycles. The van der Waals surface area contributed by atoms with E-state index in [1.54, 1.807) is 22.7 Å². The molecule has 4 nitrogen and oxygen atoms in total. The van der Waals surface area contributed by atoms with Crippen LogP contribution in [0.2, 0.25) is 0 Å². The van der Waals surface area contributed by atoms with Crippen molar-refractivity contribution < 1.29 is 4.79 Å². The molecule has 0 aliphatic carbocycles. The number of nitrogens with one attached hydrogen (secondary N) is 2. The van der Waals surface area contributed by atoms with E-state index in [1.165, 1.54) is 4.88 Å². The summed E-state index contributed by atoms with van der Waals surface area (Å²) in [6.07, 6.45) is 1.00. The van der Waals surface area contributed by atoms with E-state index < -0.39 is 0 Å². The fourth-order valence-corrected chi connectivity index (χ4v) is 3.39. The number of rotatable bonds is 6. The first-order valence-corrected chi connectivity index (χ1v) is 8.34. The van der Waals surface area contributed by atoms with Gasteiger partial charge in [-0.25, -0.2) is 9.78 Å². The van der Waals surface area contributed by atoms with Crippen molar-refractivity contribution >= 4 is 28.7 Å². The molecule has 2 heterocycles. The van der Waals surface area contributed by atoms with Crippen molar-refractivity contribution in [2.24, 2.45) is 5.92 Å². The zero-order chi connectivity index (χ0) is 14.4. The van der Waals surface area contributed by atoms with E-state index in [-0.39, 0.29) is 6.03 Å². The lowest BCUT2D eigenvalue weighted by Gasteiger charge is -2.12. The Balaban J connectivity index is 1.64. The summed E-state index contributed by atoms with van der Waals surface area (Å²) in [7, 11) is 0. The van der Waals surface area contributed by atoms with E-state index in [1.807, 2.05) is 12.3 Å². The van der Waals surface area contributed by atoms with Gasteiger partial charge in [-0.05, 0) is 30.7 Å². The minimum absolute atomic E-state index is 0.129. The zero-order valence-electron chi connectivity index (χ0n) is 11.7. The number of thiazole rings is 1. The van der Waals surface area contributed by atoms with E-state index in [0.29, 0.717) is 19.0 Å². The van der Waals surface area contributed by atoms with Crippen LogP contribution in [0, 0.1) is 12.8 Å². The summed E-state index contributed by atoms with van der Waals surface area (Å²) in [6, 6.07) is 4.06. The van der Waals surface area contributed by atoms with Crippen LogP contribution in [0.15, 0.2) is 22.9 Å². The predicted octanol–water partition coefficient (Wildman–Crippen LogP) is 3.19. The predicted molar refractivity (Wildman–Crippen MR) is 84.3 cm³/mol. The molecule has 108 valence electrons. The second-order valence-corrected chi connectivity index (χ2v) is 6.81. The molecule has 2 aromatic rings. The molecule has 0 radical (unpaired) electrons. The maximum atomic E-state index is 11.7. The average Bonchev–Trinajstić information content (AvgIpc) is 3.05. The Hall–Kier alpha value is -1.40. The first kappa shape index (κ1) is 15.0. The van der Waals surface area contributed by atoms with Crippen molar-refractivity contribution in [1.82, 2.24) is 15.6 Å². The van der Waals surface area contributed by atoms with Crippen LogP contribution in [0.25, 0.3) is 0 Å². The van der Waals surface area contributed by atoms with Gasteiger partial charge in [0.1, 0.15) is 5.01 Å². The van der Waals surface area contributed by atoms with Crippen molar-refractivity contribution in [3.63, 3.8) is 0 Å². The van der Waals surface area contributed by atoms with Crippen LogP contribution in [0.5, 0.6) is 0 Å². The summed E-state index contributed by atoms with van der Waals surface area (Å²) in [4.78, 5) is 17.4. The molecule has 20 heavy (non-hydrogen) atoms. The molecule has 0 aliphatic heterocycles. The molecule has 0 saturated heterocycles. The summed E-state index contributed by atoms with van der Waals surface area (Å²) < 4.78 is 0. The third-order valence-electron chi connectivity index (χ3n) is 2.81. The second-order valence-electron chi connectivity index (χ2n) is 4.83. The Morgan fingerprint density at radius 2 is 2.25 bits per heavy atom. The van der Waals surface area contributed by atoms with Crippen LogP contribution < -0.4 is 10.6 Å². The lowest BCUT2D eigenvalue weighted by Crippen LogP contribution is -2.37. The van der Waals surface area contributed by atoms with E-state index in [0.717, 1.165) is 17.1 Å². The standard InChI is InChI=1S/C14H19N3OS2/c1-10(6-12-4-3-5-19-12)7-15-14(18)16-8-13-17-11(2)9-20-13/h3-5,9-10H,6-8H2,1-2H3,(H2,15,16,18)/t10-/m0/s1. The molecular formula is C14H19N3OS2. The third-order valence-corrected chi connectivity index (χ3v) is 4.67. The molecule has 0 bridgehead atoms. The summed E-state index contributed by atoms with van der Waals surface area (Å²) in [6.45, 7) is 5.26. The van der Waals surface area contributed by atoms with Crippen LogP contribution in [0.4, 0.5) is 4.79 Å². The average molecular weight is 309 g/mol. The lowest BCUT2D eigenvalue weighted by molar-refractivity contribution is 0.239. The van der Waals surface area contributed by atoms with Crippen molar-refractivity contribution in [3.8, 4) is 0 Å². The topological polar surface area (TPSA) is 54.0 Å². The zero-order valence-corrected chi connectivity index (χ0v) is 13.3. The molecule has 6 heteroatoms. The fraction of sp³-hybridized carbons (Fsp3) is 0.429. The van der Waals surface area contributed by atoms with Gasteiger partial charge in [0.15, 0.2) is 0 Å². The van der Waals surface area contributed by atoms with Crippen molar-refractivity contribution in [2.75, 3.05) is 6.54 Å². The first-order chi connectivity index (χ1) is 9.63. The summed E-state index contributed by atoms with van der Waals surface area (Å²) in [5.41, 5.74) is 0.997. The molecule has 0 saturated carbocycles. The smallest absolute Gasteiger partial charge is 0.315 e. The van der Waals surface area contributed by atoms with Crippen LogP contribution >= 0.6 is 22.7 Å². The fourth-order valence-electron chi connectivity index (χ4n) is 1.81.